The molecule has 1 aliphatic carbocycles. The van der Waals surface area contributed by atoms with E-state index in [0.29, 0.717) is 18.1 Å². The standard InChI is InChI=1S/C20H20O/c21-19-13-7-12-18(15-19)20(17-10-5-2-6-11-17)14-16-8-3-1-4-9-16/h1-6,8-11,14,18H,7,12-13,15H2/b20-14+/t18-/m0/s1. The van der Waals surface area contributed by atoms with Gasteiger partial charge in [-0.15, -0.1) is 0 Å². The normalized spacial score (nSPS) is 19.5. The Morgan fingerprint density at radius 2 is 1.62 bits per heavy atom. The van der Waals surface area contributed by atoms with E-state index in [0.717, 1.165) is 19.3 Å². The molecule has 0 unspecified atom stereocenters. The second-order valence-corrected chi connectivity index (χ2v) is 5.71. The average Bonchev–Trinajstić information content (AvgIpc) is 2.54. The SMILES string of the molecule is O=C1CCC[C@H](/C(=C/c2ccccc2)c2ccccc2)C1. The van der Waals surface area contributed by atoms with Crippen LogP contribution in [0.3, 0.4) is 0 Å². The number of benzene rings is 2. The van der Waals surface area contributed by atoms with Crippen molar-refractivity contribution in [2.45, 2.75) is 25.7 Å². The highest BCUT2D eigenvalue weighted by Crippen LogP contribution is 2.35. The first-order valence-electron chi connectivity index (χ1n) is 7.67. The Hall–Kier alpha value is -2.15. The molecule has 0 N–H and O–H groups in total. The van der Waals surface area contributed by atoms with Crippen molar-refractivity contribution in [1.29, 1.82) is 0 Å². The summed E-state index contributed by atoms with van der Waals surface area (Å²) in [6.07, 6.45) is 5.82. The number of Topliss-reactive ketones (excluding diaryl/α,β-unsaturated/α-hetero) is 1. The number of carbonyl (C=O) groups is 1. The van der Waals surface area contributed by atoms with Gasteiger partial charge in [-0.05, 0) is 35.5 Å². The highest BCUT2D eigenvalue weighted by molar-refractivity contribution is 5.87. The predicted octanol–water partition coefficient (Wildman–Crippen LogP) is 4.99. The zero-order chi connectivity index (χ0) is 14.5. The molecule has 3 rings (SSSR count). The van der Waals surface area contributed by atoms with Crippen LogP contribution in [0.1, 0.15) is 36.8 Å². The van der Waals surface area contributed by atoms with Crippen LogP contribution in [0.2, 0.25) is 0 Å². The lowest BCUT2D eigenvalue weighted by Crippen LogP contribution is -2.16. The number of allylic oxidation sites excluding steroid dienone is 1. The van der Waals surface area contributed by atoms with Gasteiger partial charge in [0.1, 0.15) is 5.78 Å². The van der Waals surface area contributed by atoms with E-state index in [1.807, 2.05) is 12.1 Å². The van der Waals surface area contributed by atoms with Crippen molar-refractivity contribution < 1.29 is 4.79 Å². The minimum absolute atomic E-state index is 0.355. The van der Waals surface area contributed by atoms with Crippen LogP contribution in [0.5, 0.6) is 0 Å². The van der Waals surface area contributed by atoms with Crippen molar-refractivity contribution >= 4 is 17.4 Å². The van der Waals surface area contributed by atoms with E-state index in [2.05, 4.69) is 54.6 Å². The number of ketones is 1. The third-order valence-electron chi connectivity index (χ3n) is 4.15. The molecule has 0 aliphatic heterocycles. The van der Waals surface area contributed by atoms with E-state index < -0.39 is 0 Å². The summed E-state index contributed by atoms with van der Waals surface area (Å²) in [5.74, 6) is 0.759. The first-order valence-corrected chi connectivity index (χ1v) is 7.67. The smallest absolute Gasteiger partial charge is 0.133 e. The highest BCUT2D eigenvalue weighted by Gasteiger charge is 2.23. The van der Waals surface area contributed by atoms with Crippen molar-refractivity contribution in [3.8, 4) is 0 Å². The van der Waals surface area contributed by atoms with Gasteiger partial charge in [0.25, 0.3) is 0 Å². The van der Waals surface area contributed by atoms with E-state index in [-0.39, 0.29) is 0 Å². The number of hydrogen-bond acceptors (Lipinski definition) is 1. The first-order chi connectivity index (χ1) is 10.3. The van der Waals surface area contributed by atoms with Crippen LogP contribution >= 0.6 is 0 Å². The van der Waals surface area contributed by atoms with Crippen LogP contribution in [0.4, 0.5) is 0 Å². The summed E-state index contributed by atoms with van der Waals surface area (Å²) in [5.41, 5.74) is 3.74. The Labute approximate surface area is 126 Å². The fourth-order valence-electron chi connectivity index (χ4n) is 3.09. The summed E-state index contributed by atoms with van der Waals surface area (Å²) in [7, 11) is 0. The van der Waals surface area contributed by atoms with Crippen LogP contribution < -0.4 is 0 Å². The van der Waals surface area contributed by atoms with E-state index in [9.17, 15) is 4.79 Å². The van der Waals surface area contributed by atoms with E-state index in [1.54, 1.807) is 0 Å². The van der Waals surface area contributed by atoms with E-state index >= 15 is 0 Å². The molecule has 0 aromatic heterocycles. The predicted molar refractivity (Wildman–Crippen MR) is 87.7 cm³/mol. The molecule has 1 heteroatoms. The van der Waals surface area contributed by atoms with Gasteiger partial charge in [0.05, 0.1) is 0 Å². The zero-order valence-corrected chi connectivity index (χ0v) is 12.2. The maximum Gasteiger partial charge on any atom is 0.133 e. The fourth-order valence-corrected chi connectivity index (χ4v) is 3.09. The summed E-state index contributed by atoms with van der Waals surface area (Å²) < 4.78 is 0. The molecule has 2 aromatic carbocycles. The first kappa shape index (κ1) is 13.8. The second-order valence-electron chi connectivity index (χ2n) is 5.71. The Kier molecular flexibility index (Phi) is 4.30. The van der Waals surface area contributed by atoms with Gasteiger partial charge < -0.3 is 0 Å². The van der Waals surface area contributed by atoms with Crippen LogP contribution in [0.15, 0.2) is 60.7 Å². The largest absolute Gasteiger partial charge is 0.300 e. The van der Waals surface area contributed by atoms with Crippen molar-refractivity contribution in [3.05, 3.63) is 71.8 Å². The lowest BCUT2D eigenvalue weighted by molar-refractivity contribution is -0.120. The number of rotatable bonds is 3. The monoisotopic (exact) mass is 276 g/mol. The molecule has 0 radical (unpaired) electrons. The van der Waals surface area contributed by atoms with Crippen molar-refractivity contribution in [1.82, 2.24) is 0 Å². The van der Waals surface area contributed by atoms with Crippen LogP contribution in [-0.4, -0.2) is 5.78 Å². The minimum atomic E-state index is 0.355. The minimum Gasteiger partial charge on any atom is -0.300 e. The highest BCUT2D eigenvalue weighted by atomic mass is 16.1. The van der Waals surface area contributed by atoms with E-state index in [4.69, 9.17) is 0 Å². The topological polar surface area (TPSA) is 17.1 Å². The van der Waals surface area contributed by atoms with Crippen molar-refractivity contribution in [2.24, 2.45) is 5.92 Å². The lowest BCUT2D eigenvalue weighted by atomic mass is 9.79. The maximum absolute atomic E-state index is 11.8. The average molecular weight is 276 g/mol. The molecule has 106 valence electrons. The molecule has 0 bridgehead atoms. The van der Waals surface area contributed by atoms with Crippen molar-refractivity contribution in [3.63, 3.8) is 0 Å². The van der Waals surface area contributed by atoms with Gasteiger partial charge in [0.2, 0.25) is 0 Å². The molecule has 1 fully saturated rings. The van der Waals surface area contributed by atoms with Crippen LogP contribution in [0.25, 0.3) is 11.6 Å². The third kappa shape index (κ3) is 3.49. The maximum atomic E-state index is 11.8. The number of carbonyl (C=O) groups excluding carboxylic acids is 1. The van der Waals surface area contributed by atoms with Gasteiger partial charge in [0, 0.05) is 12.8 Å². The molecular formula is C20H20O. The zero-order valence-electron chi connectivity index (χ0n) is 12.2. The molecule has 0 heterocycles. The molecule has 0 amide bonds. The van der Waals surface area contributed by atoms with Crippen LogP contribution in [0, 0.1) is 5.92 Å². The summed E-state index contributed by atoms with van der Waals surface area (Å²) in [5, 5.41) is 0. The molecule has 2 aromatic rings. The summed E-state index contributed by atoms with van der Waals surface area (Å²) in [6.45, 7) is 0. The molecule has 1 saturated carbocycles. The Balaban J connectivity index is 1.99. The molecule has 1 nitrogen and oxygen atoms in total. The molecule has 21 heavy (non-hydrogen) atoms. The molecule has 0 spiro atoms. The quantitative estimate of drug-likeness (QED) is 0.722. The molecular weight excluding hydrogens is 256 g/mol. The van der Waals surface area contributed by atoms with Gasteiger partial charge in [-0.25, -0.2) is 0 Å². The molecule has 0 saturated heterocycles. The second kappa shape index (κ2) is 6.53. The van der Waals surface area contributed by atoms with Gasteiger partial charge >= 0.3 is 0 Å². The Morgan fingerprint density at radius 3 is 2.29 bits per heavy atom. The van der Waals surface area contributed by atoms with Gasteiger partial charge in [-0.3, -0.25) is 4.79 Å². The molecule has 1 aliphatic rings. The summed E-state index contributed by atoms with van der Waals surface area (Å²) in [4.78, 5) is 11.8. The van der Waals surface area contributed by atoms with Crippen molar-refractivity contribution in [2.75, 3.05) is 0 Å². The van der Waals surface area contributed by atoms with Gasteiger partial charge in [-0.1, -0.05) is 66.7 Å². The Morgan fingerprint density at radius 1 is 0.952 bits per heavy atom. The number of hydrogen-bond donors (Lipinski definition) is 0. The van der Waals surface area contributed by atoms with Crippen LogP contribution in [-0.2, 0) is 4.79 Å². The van der Waals surface area contributed by atoms with Gasteiger partial charge in [0.15, 0.2) is 0 Å². The van der Waals surface area contributed by atoms with E-state index in [1.165, 1.54) is 16.7 Å². The Bertz CT molecular complexity index is 625. The lowest BCUT2D eigenvalue weighted by Gasteiger charge is -2.24. The summed E-state index contributed by atoms with van der Waals surface area (Å²) >= 11 is 0. The summed E-state index contributed by atoms with van der Waals surface area (Å²) in [6, 6.07) is 20.8. The molecule has 1 atom stereocenters. The van der Waals surface area contributed by atoms with Gasteiger partial charge in [-0.2, -0.15) is 0 Å². The third-order valence-corrected chi connectivity index (χ3v) is 4.15. The fraction of sp³-hybridized carbons (Fsp3) is 0.250.